The molecule has 0 spiro atoms. The van der Waals surface area contributed by atoms with Gasteiger partial charge < -0.3 is 15.4 Å². The number of guanidine groups is 1. The van der Waals surface area contributed by atoms with Gasteiger partial charge in [0.05, 0.1) is 6.54 Å². The van der Waals surface area contributed by atoms with E-state index in [2.05, 4.69) is 35.7 Å². The minimum absolute atomic E-state index is 0.110. The minimum Gasteiger partial charge on any atom is -0.488 e. The van der Waals surface area contributed by atoms with Crippen molar-refractivity contribution in [2.75, 3.05) is 26.0 Å². The topological polar surface area (TPSA) is 45.7 Å². The van der Waals surface area contributed by atoms with E-state index >= 15 is 0 Å². The molecule has 0 aromatic heterocycles. The van der Waals surface area contributed by atoms with E-state index in [1.165, 1.54) is 0 Å². The van der Waals surface area contributed by atoms with E-state index in [4.69, 9.17) is 4.74 Å². The Kier molecular flexibility index (Phi) is 8.89. The quantitative estimate of drug-likeness (QED) is 0.523. The van der Waals surface area contributed by atoms with Crippen molar-refractivity contribution in [3.05, 3.63) is 29.8 Å². The van der Waals surface area contributed by atoms with Crippen LogP contribution in [-0.4, -0.2) is 43.1 Å². The molecule has 0 aliphatic heterocycles. The summed E-state index contributed by atoms with van der Waals surface area (Å²) in [4.78, 5) is 4.54. The Bertz CT molecular complexity index is 524. The van der Waals surface area contributed by atoms with Crippen molar-refractivity contribution >= 4 is 17.7 Å². The number of alkyl halides is 2. The van der Waals surface area contributed by atoms with Crippen molar-refractivity contribution in [3.8, 4) is 5.75 Å². The monoisotopic (exact) mass is 359 g/mol. The van der Waals surface area contributed by atoms with Gasteiger partial charge in [-0.15, -0.1) is 0 Å². The smallest absolute Gasteiger partial charge is 0.272 e. The van der Waals surface area contributed by atoms with Gasteiger partial charge in [-0.3, -0.25) is 0 Å². The summed E-state index contributed by atoms with van der Waals surface area (Å²) >= 11 is 1.79. The first kappa shape index (κ1) is 20.5. The van der Waals surface area contributed by atoms with Crippen LogP contribution in [0.2, 0.25) is 0 Å². The van der Waals surface area contributed by atoms with E-state index < -0.39 is 13.0 Å². The van der Waals surface area contributed by atoms with Crippen molar-refractivity contribution in [2.24, 2.45) is 4.99 Å². The van der Waals surface area contributed by atoms with Crippen molar-refractivity contribution < 1.29 is 13.5 Å². The molecule has 0 aliphatic rings. The molecule has 0 amide bonds. The van der Waals surface area contributed by atoms with Gasteiger partial charge in [0.2, 0.25) is 0 Å². The lowest BCUT2D eigenvalue weighted by atomic mass is 10.2. The summed E-state index contributed by atoms with van der Waals surface area (Å²) in [5.74, 6) is 1.17. The van der Waals surface area contributed by atoms with E-state index in [9.17, 15) is 8.78 Å². The highest BCUT2D eigenvalue weighted by molar-refractivity contribution is 7.99. The molecule has 0 atom stereocenters. The van der Waals surface area contributed by atoms with Crippen LogP contribution >= 0.6 is 11.8 Å². The molecule has 0 saturated heterocycles. The Morgan fingerprint density at radius 2 is 2.08 bits per heavy atom. The van der Waals surface area contributed by atoms with Crippen LogP contribution in [0.4, 0.5) is 8.78 Å². The molecule has 1 aromatic rings. The van der Waals surface area contributed by atoms with E-state index in [0.29, 0.717) is 12.3 Å². The second kappa shape index (κ2) is 10.4. The average Bonchev–Trinajstić information content (AvgIpc) is 2.56. The number of nitrogens with one attached hydrogen (secondary N) is 2. The molecular weight excluding hydrogens is 332 g/mol. The zero-order valence-corrected chi connectivity index (χ0v) is 15.6. The van der Waals surface area contributed by atoms with Crippen LogP contribution in [0.1, 0.15) is 26.3 Å². The van der Waals surface area contributed by atoms with Gasteiger partial charge in [-0.25, -0.2) is 13.8 Å². The summed E-state index contributed by atoms with van der Waals surface area (Å²) in [6, 6.07) is 7.08. The van der Waals surface area contributed by atoms with Gasteiger partial charge in [-0.1, -0.05) is 12.1 Å². The van der Waals surface area contributed by atoms with Crippen molar-refractivity contribution in [1.82, 2.24) is 10.6 Å². The van der Waals surface area contributed by atoms with Crippen LogP contribution in [0, 0.1) is 0 Å². The predicted molar refractivity (Wildman–Crippen MR) is 98.4 cm³/mol. The van der Waals surface area contributed by atoms with E-state index in [0.717, 1.165) is 24.6 Å². The highest BCUT2D eigenvalue weighted by Gasteiger charge is 2.16. The van der Waals surface area contributed by atoms with Gasteiger partial charge in [0.25, 0.3) is 6.43 Å². The Labute approximate surface area is 147 Å². The molecule has 4 nitrogen and oxygen atoms in total. The fourth-order valence-corrected chi connectivity index (χ4v) is 1.99. The maximum Gasteiger partial charge on any atom is 0.272 e. The average molecular weight is 359 g/mol. The fourth-order valence-electron chi connectivity index (χ4n) is 1.77. The Hall–Kier alpha value is -1.50. The second-order valence-corrected chi connectivity index (χ2v) is 7.38. The SMILES string of the molecule is CCNC(=NCc1cccc(OCC(F)F)c1)NCC(C)(C)SC. The summed E-state index contributed by atoms with van der Waals surface area (Å²) in [5, 5.41) is 6.53. The normalized spacial score (nSPS) is 12.4. The van der Waals surface area contributed by atoms with E-state index in [1.54, 1.807) is 30.0 Å². The number of nitrogens with zero attached hydrogens (tertiary/aromatic N) is 1. The lowest BCUT2D eigenvalue weighted by molar-refractivity contribution is 0.0818. The zero-order chi connectivity index (χ0) is 18.0. The molecule has 2 N–H and O–H groups in total. The molecule has 136 valence electrons. The summed E-state index contributed by atoms with van der Waals surface area (Å²) in [6.45, 7) is 7.74. The number of hydrogen-bond acceptors (Lipinski definition) is 3. The Morgan fingerprint density at radius 1 is 1.33 bits per heavy atom. The van der Waals surface area contributed by atoms with Crippen molar-refractivity contribution in [3.63, 3.8) is 0 Å². The second-order valence-electron chi connectivity index (χ2n) is 5.86. The van der Waals surface area contributed by atoms with Gasteiger partial charge in [0.1, 0.15) is 12.4 Å². The lowest BCUT2D eigenvalue weighted by Crippen LogP contribution is -2.43. The Balaban J connectivity index is 2.66. The minimum atomic E-state index is -2.48. The van der Waals surface area contributed by atoms with Crippen LogP contribution in [0.25, 0.3) is 0 Å². The largest absolute Gasteiger partial charge is 0.488 e. The maximum absolute atomic E-state index is 12.2. The summed E-state index contributed by atoms with van der Waals surface area (Å²) in [5.41, 5.74) is 0.906. The van der Waals surface area contributed by atoms with Crippen molar-refractivity contribution in [1.29, 1.82) is 0 Å². The predicted octanol–water partition coefficient (Wildman–Crippen LogP) is 3.53. The molecule has 0 fully saturated rings. The number of ether oxygens (including phenoxy) is 1. The van der Waals surface area contributed by atoms with Gasteiger partial charge in [-0.2, -0.15) is 11.8 Å². The Morgan fingerprint density at radius 3 is 2.71 bits per heavy atom. The van der Waals surface area contributed by atoms with Gasteiger partial charge in [-0.05, 0) is 44.7 Å². The zero-order valence-electron chi connectivity index (χ0n) is 14.7. The first-order valence-electron chi connectivity index (χ1n) is 7.93. The highest BCUT2D eigenvalue weighted by atomic mass is 32.2. The molecule has 0 unspecified atom stereocenters. The molecule has 0 heterocycles. The molecule has 0 aliphatic carbocycles. The van der Waals surface area contributed by atoms with Gasteiger partial charge in [0.15, 0.2) is 5.96 Å². The van der Waals surface area contributed by atoms with Gasteiger partial charge in [0, 0.05) is 17.8 Å². The molecule has 24 heavy (non-hydrogen) atoms. The first-order valence-corrected chi connectivity index (χ1v) is 9.16. The number of thioether (sulfide) groups is 1. The molecule has 0 bridgehead atoms. The number of benzene rings is 1. The third-order valence-electron chi connectivity index (χ3n) is 3.27. The van der Waals surface area contributed by atoms with E-state index in [-0.39, 0.29) is 4.75 Å². The number of hydrogen-bond donors (Lipinski definition) is 2. The summed E-state index contributed by atoms with van der Waals surface area (Å²) < 4.78 is 29.6. The van der Waals surface area contributed by atoms with E-state index in [1.807, 2.05) is 13.0 Å². The van der Waals surface area contributed by atoms with Crippen LogP contribution in [0.5, 0.6) is 5.75 Å². The highest BCUT2D eigenvalue weighted by Crippen LogP contribution is 2.19. The molecule has 1 aromatic carbocycles. The molecule has 1 rings (SSSR count). The van der Waals surface area contributed by atoms with Crippen molar-refractivity contribution in [2.45, 2.75) is 38.5 Å². The molecule has 0 radical (unpaired) electrons. The van der Waals surface area contributed by atoms with Crippen LogP contribution in [-0.2, 0) is 6.54 Å². The van der Waals surface area contributed by atoms with Gasteiger partial charge >= 0.3 is 0 Å². The molecule has 7 heteroatoms. The third kappa shape index (κ3) is 8.38. The van der Waals surface area contributed by atoms with Crippen LogP contribution < -0.4 is 15.4 Å². The van der Waals surface area contributed by atoms with Crippen LogP contribution in [0.3, 0.4) is 0 Å². The third-order valence-corrected chi connectivity index (χ3v) is 4.52. The fraction of sp³-hybridized carbons (Fsp3) is 0.588. The number of halogens is 2. The lowest BCUT2D eigenvalue weighted by Gasteiger charge is -2.23. The molecule has 0 saturated carbocycles. The first-order chi connectivity index (χ1) is 11.4. The van der Waals surface area contributed by atoms with Crippen LogP contribution in [0.15, 0.2) is 29.3 Å². The number of aliphatic imine (C=N–C) groups is 1. The summed E-state index contributed by atoms with van der Waals surface area (Å²) in [6.07, 6.45) is -0.396. The summed E-state index contributed by atoms with van der Waals surface area (Å²) in [7, 11) is 0. The standard InChI is InChI=1S/C17H27F2N3OS/c1-5-20-16(22-12-17(2,3)24-4)21-10-13-7-6-8-14(9-13)23-11-15(18)19/h6-9,15H,5,10-12H2,1-4H3,(H2,20,21,22). The molecular formula is C17H27F2N3OS. The maximum atomic E-state index is 12.2. The number of rotatable bonds is 9.